The summed E-state index contributed by atoms with van der Waals surface area (Å²) in [6.07, 6.45) is 1.34. The highest BCUT2D eigenvalue weighted by Gasteiger charge is 2.18. The highest BCUT2D eigenvalue weighted by atomic mass is 35.5. The topological polar surface area (TPSA) is 60.5 Å². The Morgan fingerprint density at radius 1 is 1.33 bits per heavy atom. The quantitative estimate of drug-likeness (QED) is 0.881. The van der Waals surface area contributed by atoms with Crippen LogP contribution in [-0.2, 0) is 6.54 Å². The number of nitrogens with zero attached hydrogens (tertiary/aromatic N) is 1. The molecule has 1 amide bonds. The predicted molar refractivity (Wildman–Crippen MR) is 78.0 cm³/mol. The molecule has 0 saturated heterocycles. The first-order chi connectivity index (χ1) is 10.1. The minimum Gasteiger partial charge on any atom is -0.454 e. The number of ether oxygens (including phenoxy) is 2. The maximum absolute atomic E-state index is 12.1. The standard InChI is InChI=1S/C14H10Cl2N2O3/c15-10-6-17-12(16)4-9(10)14(19)18-5-8-2-1-3-11-13(8)21-7-20-11/h1-4,6H,5,7H2,(H,18,19). The van der Waals surface area contributed by atoms with Gasteiger partial charge in [-0.25, -0.2) is 4.98 Å². The molecule has 2 aromatic rings. The number of rotatable bonds is 3. The van der Waals surface area contributed by atoms with E-state index in [1.54, 1.807) is 0 Å². The molecule has 1 aromatic heterocycles. The molecule has 1 N–H and O–H groups in total. The Bertz CT molecular complexity index is 707. The van der Waals surface area contributed by atoms with Gasteiger partial charge in [-0.3, -0.25) is 4.79 Å². The van der Waals surface area contributed by atoms with E-state index in [-0.39, 0.29) is 28.4 Å². The molecule has 21 heavy (non-hydrogen) atoms. The van der Waals surface area contributed by atoms with Gasteiger partial charge in [-0.1, -0.05) is 35.3 Å². The molecular weight excluding hydrogens is 315 g/mol. The first-order valence-electron chi connectivity index (χ1n) is 6.12. The summed E-state index contributed by atoms with van der Waals surface area (Å²) in [5.41, 5.74) is 1.11. The first-order valence-corrected chi connectivity index (χ1v) is 6.87. The van der Waals surface area contributed by atoms with E-state index in [2.05, 4.69) is 10.3 Å². The molecule has 0 saturated carbocycles. The summed E-state index contributed by atoms with van der Waals surface area (Å²) < 4.78 is 10.7. The van der Waals surface area contributed by atoms with E-state index in [4.69, 9.17) is 32.7 Å². The number of fused-ring (bicyclic) bond motifs is 1. The van der Waals surface area contributed by atoms with Crippen molar-refractivity contribution in [2.24, 2.45) is 0 Å². The van der Waals surface area contributed by atoms with Gasteiger partial charge in [0, 0.05) is 18.3 Å². The number of amides is 1. The van der Waals surface area contributed by atoms with Crippen LogP contribution in [-0.4, -0.2) is 17.7 Å². The van der Waals surface area contributed by atoms with Crippen molar-refractivity contribution < 1.29 is 14.3 Å². The van der Waals surface area contributed by atoms with Gasteiger partial charge in [-0.05, 0) is 12.1 Å². The van der Waals surface area contributed by atoms with E-state index >= 15 is 0 Å². The third kappa shape index (κ3) is 2.89. The predicted octanol–water partition coefficient (Wildman–Crippen LogP) is 3.05. The van der Waals surface area contributed by atoms with Crippen LogP contribution in [0.15, 0.2) is 30.5 Å². The number of carbonyl (C=O) groups is 1. The molecule has 0 aliphatic carbocycles. The highest BCUT2D eigenvalue weighted by molar-refractivity contribution is 6.35. The van der Waals surface area contributed by atoms with E-state index in [9.17, 15) is 4.79 Å². The first kappa shape index (κ1) is 14.0. The molecule has 0 fully saturated rings. The summed E-state index contributed by atoms with van der Waals surface area (Å²) in [6.45, 7) is 0.480. The van der Waals surface area contributed by atoms with Crippen LogP contribution in [0.2, 0.25) is 10.2 Å². The Hall–Kier alpha value is -1.98. The molecule has 0 bridgehead atoms. The van der Waals surface area contributed by atoms with Crippen molar-refractivity contribution in [2.75, 3.05) is 6.79 Å². The Morgan fingerprint density at radius 2 is 2.19 bits per heavy atom. The van der Waals surface area contributed by atoms with Crippen molar-refractivity contribution in [3.05, 3.63) is 51.8 Å². The van der Waals surface area contributed by atoms with Crippen LogP contribution in [0, 0.1) is 0 Å². The zero-order valence-corrected chi connectivity index (χ0v) is 12.2. The van der Waals surface area contributed by atoms with E-state index in [1.165, 1.54) is 12.3 Å². The van der Waals surface area contributed by atoms with Gasteiger partial charge in [0.1, 0.15) is 5.15 Å². The number of halogens is 2. The van der Waals surface area contributed by atoms with Gasteiger partial charge in [0.15, 0.2) is 11.5 Å². The lowest BCUT2D eigenvalue weighted by Gasteiger charge is -2.09. The Morgan fingerprint density at radius 3 is 3.05 bits per heavy atom. The molecule has 1 aliphatic rings. The number of pyridine rings is 1. The zero-order chi connectivity index (χ0) is 14.8. The summed E-state index contributed by atoms with van der Waals surface area (Å²) in [6, 6.07) is 6.93. The van der Waals surface area contributed by atoms with E-state index < -0.39 is 0 Å². The molecule has 1 aliphatic heterocycles. The van der Waals surface area contributed by atoms with Gasteiger partial charge >= 0.3 is 0 Å². The zero-order valence-electron chi connectivity index (χ0n) is 10.7. The third-order valence-corrected chi connectivity index (χ3v) is 3.49. The molecule has 1 aromatic carbocycles. The number of nitrogens with one attached hydrogen (secondary N) is 1. The number of hydrogen-bond acceptors (Lipinski definition) is 4. The summed E-state index contributed by atoms with van der Waals surface area (Å²) in [4.78, 5) is 15.9. The smallest absolute Gasteiger partial charge is 0.253 e. The average molecular weight is 325 g/mol. The monoisotopic (exact) mass is 324 g/mol. The lowest BCUT2D eigenvalue weighted by molar-refractivity contribution is 0.0950. The van der Waals surface area contributed by atoms with Gasteiger partial charge < -0.3 is 14.8 Å². The van der Waals surface area contributed by atoms with Crippen LogP contribution in [0.3, 0.4) is 0 Å². The molecule has 0 unspecified atom stereocenters. The number of aromatic nitrogens is 1. The molecule has 2 heterocycles. The Labute approximate surface area is 130 Å². The van der Waals surface area contributed by atoms with Crippen LogP contribution < -0.4 is 14.8 Å². The van der Waals surface area contributed by atoms with Crippen molar-refractivity contribution >= 4 is 29.1 Å². The third-order valence-electron chi connectivity index (χ3n) is 2.98. The molecule has 0 atom stereocenters. The minimum absolute atomic E-state index is 0.187. The van der Waals surface area contributed by atoms with E-state index in [1.807, 2.05) is 18.2 Å². The Kier molecular flexibility index (Phi) is 3.86. The molecule has 7 heteroatoms. The molecule has 108 valence electrons. The largest absolute Gasteiger partial charge is 0.454 e. The molecule has 5 nitrogen and oxygen atoms in total. The number of para-hydroxylation sites is 1. The number of carbonyl (C=O) groups excluding carboxylic acids is 1. The summed E-state index contributed by atoms with van der Waals surface area (Å²) in [7, 11) is 0. The van der Waals surface area contributed by atoms with Gasteiger partial charge in [-0.2, -0.15) is 0 Å². The lowest BCUT2D eigenvalue weighted by Crippen LogP contribution is -2.23. The second-order valence-electron chi connectivity index (χ2n) is 4.32. The molecule has 3 rings (SSSR count). The number of hydrogen-bond donors (Lipinski definition) is 1. The summed E-state index contributed by atoms with van der Waals surface area (Å²) in [5.74, 6) is 0.990. The van der Waals surface area contributed by atoms with Gasteiger partial charge in [-0.15, -0.1) is 0 Å². The van der Waals surface area contributed by atoms with Crippen LogP contribution >= 0.6 is 23.2 Å². The van der Waals surface area contributed by atoms with Gasteiger partial charge in [0.05, 0.1) is 10.6 Å². The van der Waals surface area contributed by atoms with E-state index in [0.717, 1.165) is 5.56 Å². The molecule has 0 radical (unpaired) electrons. The minimum atomic E-state index is -0.333. The Balaban J connectivity index is 1.75. The number of benzene rings is 1. The van der Waals surface area contributed by atoms with Crippen LogP contribution in [0.4, 0.5) is 0 Å². The lowest BCUT2D eigenvalue weighted by atomic mass is 10.1. The van der Waals surface area contributed by atoms with Crippen LogP contribution in [0.5, 0.6) is 11.5 Å². The van der Waals surface area contributed by atoms with E-state index in [0.29, 0.717) is 18.0 Å². The fourth-order valence-corrected chi connectivity index (χ4v) is 2.33. The maximum atomic E-state index is 12.1. The molecule has 0 spiro atoms. The van der Waals surface area contributed by atoms with Crippen molar-refractivity contribution in [1.29, 1.82) is 0 Å². The fraction of sp³-hybridized carbons (Fsp3) is 0.143. The average Bonchev–Trinajstić information content (AvgIpc) is 2.96. The van der Waals surface area contributed by atoms with Gasteiger partial charge in [0.2, 0.25) is 6.79 Å². The second kappa shape index (κ2) is 5.79. The highest BCUT2D eigenvalue weighted by Crippen LogP contribution is 2.35. The maximum Gasteiger partial charge on any atom is 0.253 e. The van der Waals surface area contributed by atoms with Gasteiger partial charge in [0.25, 0.3) is 5.91 Å². The summed E-state index contributed by atoms with van der Waals surface area (Å²) in [5, 5.41) is 3.22. The van der Waals surface area contributed by atoms with Crippen molar-refractivity contribution in [3.63, 3.8) is 0 Å². The van der Waals surface area contributed by atoms with Crippen molar-refractivity contribution in [3.8, 4) is 11.5 Å². The van der Waals surface area contributed by atoms with Crippen molar-refractivity contribution in [2.45, 2.75) is 6.54 Å². The van der Waals surface area contributed by atoms with Crippen LogP contribution in [0.25, 0.3) is 0 Å². The summed E-state index contributed by atoms with van der Waals surface area (Å²) >= 11 is 11.7. The van der Waals surface area contributed by atoms with Crippen molar-refractivity contribution in [1.82, 2.24) is 10.3 Å². The fourth-order valence-electron chi connectivity index (χ4n) is 1.99. The van der Waals surface area contributed by atoms with Crippen LogP contribution in [0.1, 0.15) is 15.9 Å². The molecular formula is C14H10Cl2N2O3. The second-order valence-corrected chi connectivity index (χ2v) is 5.11. The SMILES string of the molecule is O=C(NCc1cccc2c1OCO2)c1cc(Cl)ncc1Cl. The normalized spacial score (nSPS) is 12.3.